The molecule has 0 atom stereocenters. The van der Waals surface area contributed by atoms with E-state index < -0.39 is 5.91 Å². The number of hydrogen-bond acceptors (Lipinski definition) is 6. The number of para-hydroxylation sites is 2. The van der Waals surface area contributed by atoms with Gasteiger partial charge in [0.1, 0.15) is 6.54 Å². The summed E-state index contributed by atoms with van der Waals surface area (Å²) in [5.41, 5.74) is 7.28. The van der Waals surface area contributed by atoms with E-state index >= 15 is 0 Å². The lowest BCUT2D eigenvalue weighted by Crippen LogP contribution is -2.21. The second kappa shape index (κ2) is 8.29. The van der Waals surface area contributed by atoms with E-state index in [-0.39, 0.29) is 23.6 Å². The fourth-order valence-corrected chi connectivity index (χ4v) is 5.15. The van der Waals surface area contributed by atoms with Crippen molar-refractivity contribution in [2.45, 2.75) is 17.7 Å². The summed E-state index contributed by atoms with van der Waals surface area (Å²) in [6.45, 7) is 1.85. The van der Waals surface area contributed by atoms with Crippen molar-refractivity contribution in [3.63, 3.8) is 0 Å². The van der Waals surface area contributed by atoms with Gasteiger partial charge in [-0.05, 0) is 31.2 Å². The number of nitrogens with two attached hydrogens (primary N) is 1. The molecule has 0 saturated carbocycles. The van der Waals surface area contributed by atoms with Gasteiger partial charge in [-0.15, -0.1) is 11.8 Å². The maximum atomic E-state index is 12.8. The molecule has 0 aliphatic rings. The second-order valence-corrected chi connectivity index (χ2v) is 8.89. The molecule has 0 radical (unpaired) electrons. The maximum Gasteiger partial charge on any atom is 0.246 e. The van der Waals surface area contributed by atoms with Gasteiger partial charge in [-0.2, -0.15) is 0 Å². The van der Waals surface area contributed by atoms with Crippen molar-refractivity contribution in [1.82, 2.24) is 9.55 Å². The Bertz CT molecular complexity index is 1280. The molecule has 2 aromatic heterocycles. The van der Waals surface area contributed by atoms with Crippen molar-refractivity contribution >= 4 is 61.9 Å². The standard InChI is InChI=1S/C21H18N4O3S2/c1-12-20(29-11-17(22)26)30-21(23-12)24-18(27)10-25-15-8-4-2-6-13(15)19(28)14-7-3-5-9-16(14)25/h2-9H,10-11H2,1H3,(H2,22,26)(H,23,24,27). The first-order chi connectivity index (χ1) is 14.4. The van der Waals surface area contributed by atoms with Crippen LogP contribution in [-0.2, 0) is 16.1 Å². The number of carbonyl (C=O) groups excluding carboxylic acids is 2. The fraction of sp³-hybridized carbons (Fsp3) is 0.143. The Morgan fingerprint density at radius 3 is 2.30 bits per heavy atom. The number of thioether (sulfide) groups is 1. The van der Waals surface area contributed by atoms with Crippen molar-refractivity contribution in [3.05, 3.63) is 64.4 Å². The van der Waals surface area contributed by atoms with E-state index in [1.807, 2.05) is 47.9 Å². The zero-order valence-electron chi connectivity index (χ0n) is 16.0. The molecular formula is C21H18N4O3S2. The number of benzene rings is 2. The number of thiazole rings is 1. The number of anilines is 1. The van der Waals surface area contributed by atoms with Crippen LogP contribution < -0.4 is 16.5 Å². The predicted octanol–water partition coefficient (Wildman–Crippen LogP) is 3.14. The largest absolute Gasteiger partial charge is 0.369 e. The molecule has 7 nitrogen and oxygen atoms in total. The number of aromatic nitrogens is 2. The summed E-state index contributed by atoms with van der Waals surface area (Å²) in [7, 11) is 0. The minimum absolute atomic E-state index is 0.0314. The van der Waals surface area contributed by atoms with Crippen LogP contribution >= 0.6 is 23.1 Å². The van der Waals surface area contributed by atoms with Crippen LogP contribution in [0, 0.1) is 6.92 Å². The molecule has 0 aliphatic heterocycles. The van der Waals surface area contributed by atoms with Crippen LogP contribution in [0.15, 0.2) is 57.5 Å². The average Bonchev–Trinajstić information content (AvgIpc) is 3.08. The van der Waals surface area contributed by atoms with Crippen LogP contribution in [0.25, 0.3) is 21.8 Å². The zero-order valence-corrected chi connectivity index (χ0v) is 17.7. The quantitative estimate of drug-likeness (QED) is 0.355. The fourth-order valence-electron chi connectivity index (χ4n) is 3.26. The van der Waals surface area contributed by atoms with Crippen LogP contribution in [0.1, 0.15) is 5.69 Å². The Morgan fingerprint density at radius 2 is 1.70 bits per heavy atom. The van der Waals surface area contributed by atoms with E-state index in [0.29, 0.717) is 26.9 Å². The smallest absolute Gasteiger partial charge is 0.246 e. The molecule has 2 aromatic carbocycles. The molecule has 0 bridgehead atoms. The minimum atomic E-state index is -0.407. The summed E-state index contributed by atoms with van der Waals surface area (Å²) >= 11 is 2.61. The summed E-state index contributed by atoms with van der Waals surface area (Å²) in [5, 5.41) is 4.42. The van der Waals surface area contributed by atoms with Gasteiger partial charge in [0.05, 0.1) is 26.7 Å². The summed E-state index contributed by atoms with van der Waals surface area (Å²) in [4.78, 5) is 41.0. The third kappa shape index (κ3) is 3.94. The number of nitrogens with one attached hydrogen (secondary N) is 1. The number of carbonyl (C=O) groups is 2. The number of hydrogen-bond donors (Lipinski definition) is 2. The van der Waals surface area contributed by atoms with Crippen LogP contribution in [0.5, 0.6) is 0 Å². The number of fused-ring (bicyclic) bond motifs is 2. The number of primary amides is 1. The molecule has 2 heterocycles. The first-order valence-electron chi connectivity index (χ1n) is 9.12. The van der Waals surface area contributed by atoms with Crippen molar-refractivity contribution in [2.75, 3.05) is 11.1 Å². The molecule has 2 amide bonds. The third-order valence-corrected chi connectivity index (χ3v) is 6.98. The zero-order chi connectivity index (χ0) is 21.3. The molecule has 30 heavy (non-hydrogen) atoms. The molecule has 4 rings (SSSR count). The van der Waals surface area contributed by atoms with Gasteiger partial charge in [-0.3, -0.25) is 14.4 Å². The third-order valence-electron chi connectivity index (χ3n) is 4.53. The number of aryl methyl sites for hydroxylation is 1. The highest BCUT2D eigenvalue weighted by Crippen LogP contribution is 2.32. The lowest BCUT2D eigenvalue weighted by molar-refractivity contribution is -0.117. The van der Waals surface area contributed by atoms with Crippen LogP contribution in [0.3, 0.4) is 0 Å². The molecule has 9 heteroatoms. The van der Waals surface area contributed by atoms with E-state index in [4.69, 9.17) is 5.73 Å². The molecule has 0 aliphatic carbocycles. The molecule has 0 unspecified atom stereocenters. The molecule has 0 spiro atoms. The Hall–Kier alpha value is -3.17. The summed E-state index contributed by atoms with van der Waals surface area (Å²) in [5.74, 6) is -0.504. The molecule has 152 valence electrons. The number of rotatable bonds is 6. The first kappa shape index (κ1) is 20.1. The molecule has 0 saturated heterocycles. The van der Waals surface area contributed by atoms with E-state index in [9.17, 15) is 14.4 Å². The number of nitrogens with zero attached hydrogens (tertiary/aromatic N) is 2. The van der Waals surface area contributed by atoms with Crippen molar-refractivity contribution in [1.29, 1.82) is 0 Å². The molecule has 4 aromatic rings. The number of amides is 2. The number of pyridine rings is 1. The van der Waals surface area contributed by atoms with Crippen molar-refractivity contribution < 1.29 is 9.59 Å². The minimum Gasteiger partial charge on any atom is -0.369 e. The topological polar surface area (TPSA) is 107 Å². The van der Waals surface area contributed by atoms with Crippen molar-refractivity contribution in [2.24, 2.45) is 5.73 Å². The van der Waals surface area contributed by atoms with Gasteiger partial charge in [0.15, 0.2) is 10.6 Å². The SMILES string of the molecule is Cc1nc(NC(=O)Cn2c3ccccc3c(=O)c3ccccc32)sc1SCC(N)=O. The lowest BCUT2D eigenvalue weighted by atomic mass is 10.1. The van der Waals surface area contributed by atoms with Gasteiger partial charge < -0.3 is 15.6 Å². The van der Waals surface area contributed by atoms with Gasteiger partial charge in [0, 0.05) is 10.8 Å². The molecule has 0 fully saturated rings. The summed E-state index contributed by atoms with van der Waals surface area (Å²) < 4.78 is 2.67. The second-order valence-electron chi connectivity index (χ2n) is 6.64. The Labute approximate surface area is 179 Å². The van der Waals surface area contributed by atoms with Crippen molar-refractivity contribution in [3.8, 4) is 0 Å². The van der Waals surface area contributed by atoms with Gasteiger partial charge >= 0.3 is 0 Å². The Morgan fingerprint density at radius 1 is 1.10 bits per heavy atom. The van der Waals surface area contributed by atoms with E-state index in [2.05, 4.69) is 10.3 Å². The van der Waals surface area contributed by atoms with Crippen LogP contribution in [-0.4, -0.2) is 27.1 Å². The monoisotopic (exact) mass is 438 g/mol. The van der Waals surface area contributed by atoms with Gasteiger partial charge in [-0.25, -0.2) is 4.98 Å². The van der Waals surface area contributed by atoms with Gasteiger partial charge in [-0.1, -0.05) is 35.6 Å². The Kier molecular flexibility index (Phi) is 5.56. The lowest BCUT2D eigenvalue weighted by Gasteiger charge is -2.14. The van der Waals surface area contributed by atoms with Crippen LogP contribution in [0.2, 0.25) is 0 Å². The van der Waals surface area contributed by atoms with Gasteiger partial charge in [0.25, 0.3) is 0 Å². The van der Waals surface area contributed by atoms with E-state index in [0.717, 1.165) is 9.90 Å². The van der Waals surface area contributed by atoms with E-state index in [1.165, 1.54) is 23.1 Å². The van der Waals surface area contributed by atoms with E-state index in [1.54, 1.807) is 12.1 Å². The molecular weight excluding hydrogens is 420 g/mol. The van der Waals surface area contributed by atoms with Gasteiger partial charge in [0.2, 0.25) is 11.8 Å². The highest BCUT2D eigenvalue weighted by Gasteiger charge is 2.15. The maximum absolute atomic E-state index is 12.8. The average molecular weight is 439 g/mol. The normalized spacial score (nSPS) is 11.1. The summed E-state index contributed by atoms with van der Waals surface area (Å²) in [6.07, 6.45) is 0. The predicted molar refractivity (Wildman–Crippen MR) is 121 cm³/mol. The highest BCUT2D eigenvalue weighted by molar-refractivity contribution is 8.01. The first-order valence-corrected chi connectivity index (χ1v) is 10.9. The Balaban J connectivity index is 1.65. The highest BCUT2D eigenvalue weighted by atomic mass is 32.2. The van der Waals surface area contributed by atoms with Crippen LogP contribution in [0.4, 0.5) is 5.13 Å². The molecule has 3 N–H and O–H groups in total. The summed E-state index contributed by atoms with van der Waals surface area (Å²) in [6, 6.07) is 14.5.